The predicted octanol–water partition coefficient (Wildman–Crippen LogP) is 1.07. The molecule has 0 aromatic carbocycles. The molecule has 1 rings (SSSR count). The van der Waals surface area contributed by atoms with Crippen molar-refractivity contribution in [1.82, 2.24) is 14.1 Å². The van der Waals surface area contributed by atoms with Crippen molar-refractivity contribution in [3.63, 3.8) is 0 Å². The Morgan fingerprint density at radius 3 is 2.72 bits per heavy atom. The van der Waals surface area contributed by atoms with Crippen molar-refractivity contribution >= 4 is 15.8 Å². The van der Waals surface area contributed by atoms with E-state index in [0.717, 1.165) is 12.0 Å². The predicted molar refractivity (Wildman–Crippen MR) is 71.6 cm³/mol. The average Bonchev–Trinajstić information content (AvgIpc) is 2.59. The van der Waals surface area contributed by atoms with Gasteiger partial charge in [0.2, 0.25) is 10.0 Å². The maximum absolute atomic E-state index is 12.3. The molecular formula is C11H20N4O2S. The fourth-order valence-electron chi connectivity index (χ4n) is 1.59. The van der Waals surface area contributed by atoms with E-state index in [2.05, 4.69) is 11.7 Å². The van der Waals surface area contributed by atoms with Crippen LogP contribution in [0, 0.1) is 0 Å². The molecule has 0 amide bonds. The van der Waals surface area contributed by atoms with E-state index in [1.807, 2.05) is 6.92 Å². The van der Waals surface area contributed by atoms with Gasteiger partial charge in [-0.1, -0.05) is 19.1 Å². The van der Waals surface area contributed by atoms with Crippen molar-refractivity contribution in [2.45, 2.75) is 31.7 Å². The molecule has 0 saturated heterocycles. The Hall–Kier alpha value is -1.34. The number of hydrogen-bond acceptors (Lipinski definition) is 4. The smallest absolute Gasteiger partial charge is 0.248 e. The Labute approximate surface area is 108 Å². The second-order valence-electron chi connectivity index (χ2n) is 4.36. The fourth-order valence-corrected chi connectivity index (χ4v) is 2.88. The molecule has 0 unspecified atom stereocenters. The minimum atomic E-state index is -3.60. The number of aromatic nitrogens is 2. The molecule has 0 aliphatic heterocycles. The summed E-state index contributed by atoms with van der Waals surface area (Å²) in [5.74, 6) is 0.0389. The van der Waals surface area contributed by atoms with Crippen LogP contribution in [0.3, 0.4) is 0 Å². The first-order chi connectivity index (χ1) is 8.28. The summed E-state index contributed by atoms with van der Waals surface area (Å²) in [6.45, 7) is 8.37. The van der Waals surface area contributed by atoms with Crippen molar-refractivity contribution in [2.75, 3.05) is 19.3 Å². The van der Waals surface area contributed by atoms with Gasteiger partial charge in [0.25, 0.3) is 0 Å². The Kier molecular flexibility index (Phi) is 4.53. The Bertz CT molecular complexity index is 533. The molecule has 0 radical (unpaired) electrons. The second-order valence-corrected chi connectivity index (χ2v) is 6.37. The summed E-state index contributed by atoms with van der Waals surface area (Å²) in [4.78, 5) is 0.0553. The Balaban J connectivity index is 3.08. The number of nitrogens with zero attached hydrogens (tertiary/aromatic N) is 3. The Morgan fingerprint density at radius 1 is 1.61 bits per heavy atom. The topological polar surface area (TPSA) is 81.2 Å². The number of hydrogen-bond donors (Lipinski definition) is 1. The van der Waals surface area contributed by atoms with Gasteiger partial charge in [0, 0.05) is 26.3 Å². The molecule has 7 heteroatoms. The molecule has 6 nitrogen and oxygen atoms in total. The van der Waals surface area contributed by atoms with Gasteiger partial charge in [-0.15, -0.1) is 0 Å². The van der Waals surface area contributed by atoms with E-state index < -0.39 is 10.0 Å². The standard InChI is InChI=1S/C11H20N4O2S/c1-5-6-15-8-10(11(12)13-15)18(16,17)14(4)7-9(2)3/h8H,2,5-7H2,1,3-4H3,(H2,12,13). The molecule has 0 saturated carbocycles. The number of aryl methyl sites for hydroxylation is 1. The molecule has 1 heterocycles. The minimum Gasteiger partial charge on any atom is -0.381 e. The lowest BCUT2D eigenvalue weighted by molar-refractivity contribution is 0.493. The lowest BCUT2D eigenvalue weighted by Crippen LogP contribution is -2.28. The molecule has 0 atom stereocenters. The molecule has 18 heavy (non-hydrogen) atoms. The molecule has 0 aliphatic rings. The van der Waals surface area contributed by atoms with Crippen LogP contribution in [0.15, 0.2) is 23.2 Å². The van der Waals surface area contributed by atoms with E-state index in [1.54, 1.807) is 11.6 Å². The molecule has 102 valence electrons. The molecule has 0 bridgehead atoms. The highest BCUT2D eigenvalue weighted by atomic mass is 32.2. The number of nitrogens with two attached hydrogens (primary N) is 1. The van der Waals surface area contributed by atoms with Crippen LogP contribution >= 0.6 is 0 Å². The summed E-state index contributed by atoms with van der Waals surface area (Å²) < 4.78 is 27.3. The third kappa shape index (κ3) is 3.11. The van der Waals surface area contributed by atoms with Crippen LogP contribution in [-0.2, 0) is 16.6 Å². The van der Waals surface area contributed by atoms with Crippen molar-refractivity contribution in [2.24, 2.45) is 0 Å². The van der Waals surface area contributed by atoms with Crippen LogP contribution in [0.25, 0.3) is 0 Å². The van der Waals surface area contributed by atoms with Crippen LogP contribution in [-0.4, -0.2) is 36.1 Å². The lowest BCUT2D eigenvalue weighted by Gasteiger charge is -2.16. The zero-order valence-electron chi connectivity index (χ0n) is 11.0. The normalized spacial score (nSPS) is 12.0. The largest absolute Gasteiger partial charge is 0.381 e. The van der Waals surface area contributed by atoms with Gasteiger partial charge in [0.05, 0.1) is 0 Å². The molecule has 1 aromatic heterocycles. The highest BCUT2D eigenvalue weighted by Crippen LogP contribution is 2.20. The van der Waals surface area contributed by atoms with E-state index in [-0.39, 0.29) is 17.3 Å². The minimum absolute atomic E-state index is 0.0389. The van der Waals surface area contributed by atoms with E-state index in [9.17, 15) is 8.42 Å². The summed E-state index contributed by atoms with van der Waals surface area (Å²) in [7, 11) is -2.10. The highest BCUT2D eigenvalue weighted by molar-refractivity contribution is 7.89. The van der Waals surface area contributed by atoms with E-state index in [4.69, 9.17) is 5.73 Å². The molecular weight excluding hydrogens is 252 g/mol. The molecule has 0 fully saturated rings. The van der Waals surface area contributed by atoms with Crippen LogP contribution < -0.4 is 5.73 Å². The fraction of sp³-hybridized carbons (Fsp3) is 0.545. The van der Waals surface area contributed by atoms with Gasteiger partial charge in [-0.05, 0) is 13.3 Å². The van der Waals surface area contributed by atoms with Gasteiger partial charge in [-0.3, -0.25) is 4.68 Å². The van der Waals surface area contributed by atoms with Gasteiger partial charge < -0.3 is 5.73 Å². The van der Waals surface area contributed by atoms with Crippen LogP contribution in [0.5, 0.6) is 0 Å². The van der Waals surface area contributed by atoms with E-state index in [1.165, 1.54) is 17.5 Å². The quantitative estimate of drug-likeness (QED) is 0.785. The second kappa shape index (κ2) is 5.53. The van der Waals surface area contributed by atoms with E-state index in [0.29, 0.717) is 6.54 Å². The monoisotopic (exact) mass is 272 g/mol. The van der Waals surface area contributed by atoms with Crippen molar-refractivity contribution in [1.29, 1.82) is 0 Å². The zero-order chi connectivity index (χ0) is 13.9. The number of nitrogen functional groups attached to an aromatic ring is 1. The summed E-state index contributed by atoms with van der Waals surface area (Å²) in [6, 6.07) is 0. The van der Waals surface area contributed by atoms with Crippen LogP contribution in [0.1, 0.15) is 20.3 Å². The first-order valence-corrected chi connectivity index (χ1v) is 7.16. The summed E-state index contributed by atoms with van der Waals surface area (Å²) in [5, 5.41) is 3.99. The average molecular weight is 272 g/mol. The summed E-state index contributed by atoms with van der Waals surface area (Å²) >= 11 is 0. The highest BCUT2D eigenvalue weighted by Gasteiger charge is 2.25. The first-order valence-electron chi connectivity index (χ1n) is 5.72. The SMILES string of the molecule is C=C(C)CN(C)S(=O)(=O)c1cn(CCC)nc1N. The van der Waals surface area contributed by atoms with Gasteiger partial charge in [0.15, 0.2) is 5.82 Å². The number of rotatable bonds is 6. The van der Waals surface area contributed by atoms with Gasteiger partial charge in [0.1, 0.15) is 4.90 Å². The summed E-state index contributed by atoms with van der Waals surface area (Å²) in [5.41, 5.74) is 6.43. The van der Waals surface area contributed by atoms with Crippen LogP contribution in [0.2, 0.25) is 0 Å². The Morgan fingerprint density at radius 2 is 2.22 bits per heavy atom. The maximum atomic E-state index is 12.3. The maximum Gasteiger partial charge on any atom is 0.248 e. The molecule has 0 spiro atoms. The molecule has 1 aromatic rings. The van der Waals surface area contributed by atoms with Crippen LogP contribution in [0.4, 0.5) is 5.82 Å². The van der Waals surface area contributed by atoms with Crippen molar-refractivity contribution in [3.05, 3.63) is 18.3 Å². The van der Waals surface area contributed by atoms with Gasteiger partial charge in [-0.25, -0.2) is 8.42 Å². The van der Waals surface area contributed by atoms with E-state index >= 15 is 0 Å². The van der Waals surface area contributed by atoms with Crippen molar-refractivity contribution in [3.8, 4) is 0 Å². The third-order valence-corrected chi connectivity index (χ3v) is 4.21. The zero-order valence-corrected chi connectivity index (χ0v) is 11.9. The molecule has 0 aliphatic carbocycles. The van der Waals surface area contributed by atoms with Gasteiger partial charge >= 0.3 is 0 Å². The number of sulfonamides is 1. The number of likely N-dealkylation sites (N-methyl/N-ethyl adjacent to an activating group) is 1. The lowest BCUT2D eigenvalue weighted by atomic mass is 10.4. The molecule has 2 N–H and O–H groups in total. The van der Waals surface area contributed by atoms with Gasteiger partial charge in [-0.2, -0.15) is 9.40 Å². The first kappa shape index (κ1) is 14.7. The number of anilines is 1. The third-order valence-electron chi connectivity index (χ3n) is 2.39. The summed E-state index contributed by atoms with van der Waals surface area (Å²) in [6.07, 6.45) is 2.34. The van der Waals surface area contributed by atoms with Crippen molar-refractivity contribution < 1.29 is 8.42 Å².